The molecule has 0 bridgehead atoms. The fourth-order valence-electron chi connectivity index (χ4n) is 3.04. The molecule has 0 aromatic heterocycles. The van der Waals surface area contributed by atoms with E-state index in [1.54, 1.807) is 0 Å². The summed E-state index contributed by atoms with van der Waals surface area (Å²) >= 11 is 0. The van der Waals surface area contributed by atoms with Gasteiger partial charge in [-0.05, 0) is 36.0 Å². The third-order valence-electron chi connectivity index (χ3n) is 4.57. The second kappa shape index (κ2) is 8.95. The maximum absolute atomic E-state index is 11.9. The van der Waals surface area contributed by atoms with E-state index in [2.05, 4.69) is 43.5 Å². The molecule has 1 aliphatic rings. The van der Waals surface area contributed by atoms with Crippen molar-refractivity contribution < 1.29 is 9.53 Å². The molecule has 0 radical (unpaired) electrons. The molecule has 0 spiro atoms. The third-order valence-corrected chi connectivity index (χ3v) is 4.57. The normalized spacial score (nSPS) is 16.3. The summed E-state index contributed by atoms with van der Waals surface area (Å²) < 4.78 is 5.69. The summed E-state index contributed by atoms with van der Waals surface area (Å²) in [5, 5.41) is 5.96. The van der Waals surface area contributed by atoms with Gasteiger partial charge in [-0.25, -0.2) is 4.79 Å². The SMILES string of the molecule is CC(C)(C)c1ccc(OCCNC(=O)NC2CCCCCC2)cc1. The van der Waals surface area contributed by atoms with Crippen molar-refractivity contribution >= 4 is 6.03 Å². The summed E-state index contributed by atoms with van der Waals surface area (Å²) in [7, 11) is 0. The van der Waals surface area contributed by atoms with Crippen LogP contribution in [0, 0.1) is 0 Å². The van der Waals surface area contributed by atoms with Crippen LogP contribution in [0.1, 0.15) is 64.9 Å². The average Bonchev–Trinajstić information content (AvgIpc) is 2.80. The summed E-state index contributed by atoms with van der Waals surface area (Å²) in [6, 6.07) is 8.44. The highest BCUT2D eigenvalue weighted by atomic mass is 16.5. The number of benzene rings is 1. The fraction of sp³-hybridized carbons (Fsp3) is 0.650. The minimum atomic E-state index is -0.0754. The van der Waals surface area contributed by atoms with Crippen molar-refractivity contribution in [2.24, 2.45) is 0 Å². The van der Waals surface area contributed by atoms with Gasteiger partial charge in [0.25, 0.3) is 0 Å². The molecule has 1 aromatic rings. The van der Waals surface area contributed by atoms with E-state index in [0.29, 0.717) is 19.2 Å². The van der Waals surface area contributed by atoms with Gasteiger partial charge in [0.15, 0.2) is 0 Å². The lowest BCUT2D eigenvalue weighted by atomic mass is 9.87. The van der Waals surface area contributed by atoms with Gasteiger partial charge in [-0.3, -0.25) is 0 Å². The largest absolute Gasteiger partial charge is 0.492 e. The van der Waals surface area contributed by atoms with E-state index in [1.165, 1.54) is 31.2 Å². The highest BCUT2D eigenvalue weighted by Crippen LogP contribution is 2.24. The van der Waals surface area contributed by atoms with Gasteiger partial charge in [0.1, 0.15) is 12.4 Å². The number of nitrogens with one attached hydrogen (secondary N) is 2. The van der Waals surface area contributed by atoms with E-state index >= 15 is 0 Å². The van der Waals surface area contributed by atoms with Gasteiger partial charge < -0.3 is 15.4 Å². The Morgan fingerprint density at radius 1 is 1.08 bits per heavy atom. The lowest BCUT2D eigenvalue weighted by molar-refractivity contribution is 0.231. The Kier molecular flexibility index (Phi) is 6.95. The first-order chi connectivity index (χ1) is 11.4. The Labute approximate surface area is 146 Å². The van der Waals surface area contributed by atoms with Crippen molar-refractivity contribution in [3.8, 4) is 5.75 Å². The molecule has 0 aliphatic heterocycles. The number of rotatable bonds is 5. The Bertz CT molecular complexity index is 497. The van der Waals surface area contributed by atoms with Crippen LogP contribution in [0.15, 0.2) is 24.3 Å². The summed E-state index contributed by atoms with van der Waals surface area (Å²) in [5.74, 6) is 0.842. The van der Waals surface area contributed by atoms with Gasteiger partial charge in [0.2, 0.25) is 0 Å². The maximum atomic E-state index is 11.9. The van der Waals surface area contributed by atoms with Crippen LogP contribution >= 0.6 is 0 Å². The van der Waals surface area contributed by atoms with Crippen molar-refractivity contribution in [3.63, 3.8) is 0 Å². The average molecular weight is 332 g/mol. The summed E-state index contributed by atoms with van der Waals surface area (Å²) in [5.41, 5.74) is 1.44. The number of ether oxygens (including phenoxy) is 1. The minimum absolute atomic E-state index is 0.0754. The van der Waals surface area contributed by atoms with E-state index in [4.69, 9.17) is 4.74 Å². The first-order valence-electron chi connectivity index (χ1n) is 9.23. The van der Waals surface area contributed by atoms with Gasteiger partial charge in [0.05, 0.1) is 6.54 Å². The van der Waals surface area contributed by atoms with E-state index in [0.717, 1.165) is 18.6 Å². The van der Waals surface area contributed by atoms with Gasteiger partial charge in [0, 0.05) is 6.04 Å². The van der Waals surface area contributed by atoms with Crippen molar-refractivity contribution in [1.29, 1.82) is 0 Å². The molecule has 4 nitrogen and oxygen atoms in total. The smallest absolute Gasteiger partial charge is 0.315 e. The van der Waals surface area contributed by atoms with Crippen LogP contribution in [0.2, 0.25) is 0 Å². The number of hydrogen-bond acceptors (Lipinski definition) is 2. The predicted molar refractivity (Wildman–Crippen MR) is 98.7 cm³/mol. The molecule has 2 amide bonds. The second-order valence-corrected chi connectivity index (χ2v) is 7.71. The van der Waals surface area contributed by atoms with Crippen LogP contribution in [0.3, 0.4) is 0 Å². The maximum Gasteiger partial charge on any atom is 0.315 e. The molecule has 1 saturated carbocycles. The zero-order valence-corrected chi connectivity index (χ0v) is 15.4. The standard InChI is InChI=1S/C20H32N2O2/c1-20(2,3)16-10-12-18(13-11-16)24-15-14-21-19(23)22-17-8-6-4-5-7-9-17/h10-13,17H,4-9,14-15H2,1-3H3,(H2,21,22,23). The number of carbonyl (C=O) groups excluding carboxylic acids is 1. The molecule has 0 atom stereocenters. The number of carbonyl (C=O) groups is 1. The first-order valence-corrected chi connectivity index (χ1v) is 9.23. The Balaban J connectivity index is 1.64. The predicted octanol–water partition coefficient (Wildman–Crippen LogP) is 4.38. The molecular weight excluding hydrogens is 300 g/mol. The van der Waals surface area contributed by atoms with E-state index in [9.17, 15) is 4.79 Å². The number of hydrogen-bond donors (Lipinski definition) is 2. The van der Waals surface area contributed by atoms with Gasteiger partial charge in [-0.2, -0.15) is 0 Å². The zero-order chi connectivity index (χ0) is 17.4. The summed E-state index contributed by atoms with van der Waals surface area (Å²) in [4.78, 5) is 11.9. The molecule has 0 heterocycles. The van der Waals surface area contributed by atoms with Crippen molar-refractivity contribution in [2.75, 3.05) is 13.2 Å². The summed E-state index contributed by atoms with van der Waals surface area (Å²) in [6.45, 7) is 7.57. The molecule has 1 aliphatic carbocycles. The second-order valence-electron chi connectivity index (χ2n) is 7.71. The number of amides is 2. The van der Waals surface area contributed by atoms with Crippen LogP contribution in [0.25, 0.3) is 0 Å². The van der Waals surface area contributed by atoms with Crippen LogP contribution in [-0.2, 0) is 5.41 Å². The zero-order valence-electron chi connectivity index (χ0n) is 15.4. The van der Waals surface area contributed by atoms with Crippen LogP contribution in [0.4, 0.5) is 4.79 Å². The third kappa shape index (κ3) is 6.42. The lowest BCUT2D eigenvalue weighted by Crippen LogP contribution is -2.43. The quantitative estimate of drug-likeness (QED) is 0.621. The summed E-state index contributed by atoms with van der Waals surface area (Å²) in [6.07, 6.45) is 7.23. The van der Waals surface area contributed by atoms with Crippen molar-refractivity contribution in [2.45, 2.75) is 70.8 Å². The van der Waals surface area contributed by atoms with Crippen LogP contribution in [-0.4, -0.2) is 25.2 Å². The molecular formula is C20H32N2O2. The van der Waals surface area contributed by atoms with Crippen LogP contribution in [0.5, 0.6) is 5.75 Å². The molecule has 0 saturated heterocycles. The van der Waals surface area contributed by atoms with Crippen LogP contribution < -0.4 is 15.4 Å². The topological polar surface area (TPSA) is 50.4 Å². The van der Waals surface area contributed by atoms with Crippen molar-refractivity contribution in [1.82, 2.24) is 10.6 Å². The molecule has 4 heteroatoms. The molecule has 0 unspecified atom stereocenters. The molecule has 2 rings (SSSR count). The monoisotopic (exact) mass is 332 g/mol. The molecule has 134 valence electrons. The van der Waals surface area contributed by atoms with Crippen molar-refractivity contribution in [3.05, 3.63) is 29.8 Å². The van der Waals surface area contributed by atoms with E-state index < -0.39 is 0 Å². The Morgan fingerprint density at radius 3 is 2.29 bits per heavy atom. The van der Waals surface area contributed by atoms with Gasteiger partial charge >= 0.3 is 6.03 Å². The minimum Gasteiger partial charge on any atom is -0.492 e. The highest BCUT2D eigenvalue weighted by Gasteiger charge is 2.14. The Hall–Kier alpha value is -1.71. The highest BCUT2D eigenvalue weighted by molar-refractivity contribution is 5.74. The molecule has 24 heavy (non-hydrogen) atoms. The molecule has 1 aromatic carbocycles. The number of urea groups is 1. The Morgan fingerprint density at radius 2 is 1.71 bits per heavy atom. The first kappa shape index (κ1) is 18.6. The van der Waals surface area contributed by atoms with E-state index in [1.807, 2.05) is 12.1 Å². The molecule has 1 fully saturated rings. The van der Waals surface area contributed by atoms with Gasteiger partial charge in [-0.15, -0.1) is 0 Å². The van der Waals surface area contributed by atoms with Gasteiger partial charge in [-0.1, -0.05) is 58.6 Å². The lowest BCUT2D eigenvalue weighted by Gasteiger charge is -2.19. The van der Waals surface area contributed by atoms with E-state index in [-0.39, 0.29) is 11.4 Å². The molecule has 2 N–H and O–H groups in total. The fourth-order valence-corrected chi connectivity index (χ4v) is 3.04.